The Hall–Kier alpha value is -5.77. The van der Waals surface area contributed by atoms with Crippen LogP contribution in [0.3, 0.4) is 0 Å². The van der Waals surface area contributed by atoms with Gasteiger partial charge in [0, 0.05) is 0 Å². The van der Waals surface area contributed by atoms with Gasteiger partial charge in [-0.05, 0) is 97.1 Å². The van der Waals surface area contributed by atoms with Crippen LogP contribution in [0.5, 0.6) is 23.0 Å². The predicted molar refractivity (Wildman–Crippen MR) is 241 cm³/mol. The molecule has 7 aromatic carbocycles. The molecule has 7 rings (SSSR count). The fourth-order valence-corrected chi connectivity index (χ4v) is 12.2. The molecule has 0 saturated carbocycles. The van der Waals surface area contributed by atoms with Crippen molar-refractivity contribution in [2.45, 2.75) is 26.1 Å². The van der Waals surface area contributed by atoms with E-state index in [9.17, 15) is 0 Å². The highest BCUT2D eigenvalue weighted by Crippen LogP contribution is 2.55. The molecule has 0 bridgehead atoms. The zero-order chi connectivity index (χ0) is 39.2. The van der Waals surface area contributed by atoms with E-state index in [1.165, 1.54) is 56.8 Å². The summed E-state index contributed by atoms with van der Waals surface area (Å²) in [7, 11) is 4.50. The molecule has 4 nitrogen and oxygen atoms in total. The van der Waals surface area contributed by atoms with E-state index < -0.39 is 13.4 Å². The number of benzene rings is 7. The third-order valence-electron chi connectivity index (χ3n) is 10.9. The summed E-state index contributed by atoms with van der Waals surface area (Å²) in [4.78, 5) is 0. The van der Waals surface area contributed by atoms with Gasteiger partial charge in [-0.25, -0.2) is 0 Å². The first-order valence-corrected chi connectivity index (χ1v) is 21.1. The molecule has 0 amide bonds. The van der Waals surface area contributed by atoms with Crippen molar-refractivity contribution in [3.63, 3.8) is 0 Å². The second-order valence-corrected chi connectivity index (χ2v) is 17.3. The topological polar surface area (TPSA) is 36.9 Å². The zero-order valence-corrected chi connectivity index (χ0v) is 34.1. The molecule has 0 aliphatic rings. The van der Waals surface area contributed by atoms with Crippen molar-refractivity contribution in [3.8, 4) is 23.0 Å². The number of hydrogen-bond donors (Lipinski definition) is 0. The third-order valence-corrected chi connectivity index (χ3v) is 15.2. The molecule has 0 fully saturated rings. The average Bonchev–Trinajstić information content (AvgIpc) is 3.29. The standard InChI is InChI=1S/C28H28O4P.C22H24B/c1-29-21-5-13-25(14-6-21)33(26-15-7-22(30-2)8-16-26,27-17-9-23(31-3)10-18-27)28-19-11-24(32-4)12-20-28;1-2-3-19-23(20-13-7-4-8-14-20,21-15-9-5-10-16-21)22-17-11-6-12-18-22/h5-20H,1-4H3;4-18H,2-3,19H2,1H3/q+1;-1. The maximum atomic E-state index is 5.45. The van der Waals surface area contributed by atoms with Crippen LogP contribution < -0.4 is 56.6 Å². The molecule has 6 heteroatoms. The molecule has 0 saturated heterocycles. The SMILES string of the molecule is CCCC[B-](c1ccccc1)(c1ccccc1)c1ccccc1.COc1ccc([P+](c2ccc(OC)cc2)(c2ccc(OC)cc2)c2ccc(OC)cc2)cc1. The van der Waals surface area contributed by atoms with Gasteiger partial charge >= 0.3 is 0 Å². The van der Waals surface area contributed by atoms with Crippen molar-refractivity contribution in [2.24, 2.45) is 0 Å². The van der Waals surface area contributed by atoms with Crippen LogP contribution in [-0.2, 0) is 0 Å². The Labute approximate surface area is 334 Å². The summed E-state index contributed by atoms with van der Waals surface area (Å²) in [5, 5.41) is 4.90. The number of rotatable bonds is 14. The third kappa shape index (κ3) is 8.39. The van der Waals surface area contributed by atoms with Crippen molar-refractivity contribution in [2.75, 3.05) is 28.4 Å². The quantitative estimate of drug-likeness (QED) is 0.0827. The van der Waals surface area contributed by atoms with Crippen molar-refractivity contribution < 1.29 is 18.9 Å². The van der Waals surface area contributed by atoms with Gasteiger partial charge in [0.2, 0.25) is 0 Å². The van der Waals surface area contributed by atoms with Crippen LogP contribution in [0.4, 0.5) is 0 Å². The second kappa shape index (κ2) is 19.2. The van der Waals surface area contributed by atoms with Crippen LogP contribution in [0.15, 0.2) is 188 Å². The summed E-state index contributed by atoms with van der Waals surface area (Å²) in [6.45, 7) is 2.28. The molecule has 56 heavy (non-hydrogen) atoms. The minimum atomic E-state index is -2.25. The molecule has 284 valence electrons. The highest BCUT2D eigenvalue weighted by Gasteiger charge is 2.48. The number of unbranched alkanes of at least 4 members (excludes halogenated alkanes) is 1. The Morgan fingerprint density at radius 2 is 0.607 bits per heavy atom. The molecule has 0 spiro atoms. The Balaban J connectivity index is 0.000000202. The van der Waals surface area contributed by atoms with Gasteiger partial charge in [0.1, 0.15) is 51.5 Å². The number of methoxy groups -OCH3 is 4. The van der Waals surface area contributed by atoms with E-state index in [2.05, 4.69) is 146 Å². The molecule has 0 aliphatic carbocycles. The van der Waals surface area contributed by atoms with E-state index in [-0.39, 0.29) is 0 Å². The lowest BCUT2D eigenvalue weighted by Crippen LogP contribution is -2.66. The van der Waals surface area contributed by atoms with Crippen molar-refractivity contribution in [3.05, 3.63) is 188 Å². The maximum Gasteiger partial charge on any atom is 0.144 e. The van der Waals surface area contributed by atoms with Gasteiger partial charge in [0.15, 0.2) is 0 Å². The molecular formula is C50H52BO4P. The second-order valence-electron chi connectivity index (χ2n) is 13.9. The fourth-order valence-electron chi connectivity index (χ4n) is 8.05. The largest absolute Gasteiger partial charge is 0.497 e. The van der Waals surface area contributed by atoms with Crippen LogP contribution in [0.25, 0.3) is 0 Å². The Morgan fingerprint density at radius 1 is 0.357 bits per heavy atom. The summed E-state index contributed by atoms with van der Waals surface area (Å²) in [6.07, 6.45) is 2.73. The average molecular weight is 759 g/mol. The van der Waals surface area contributed by atoms with Crippen LogP contribution in [0.1, 0.15) is 19.8 Å². The van der Waals surface area contributed by atoms with Gasteiger partial charge in [-0.2, -0.15) is 22.7 Å². The molecule has 0 unspecified atom stereocenters. The van der Waals surface area contributed by atoms with E-state index in [4.69, 9.17) is 18.9 Å². The summed E-state index contributed by atoms with van der Waals surface area (Å²) >= 11 is 0. The normalized spacial score (nSPS) is 11.2. The van der Waals surface area contributed by atoms with Crippen molar-refractivity contribution in [1.29, 1.82) is 0 Å². The zero-order valence-electron chi connectivity index (χ0n) is 33.2. The highest BCUT2D eigenvalue weighted by molar-refractivity contribution is 8.01. The Morgan fingerprint density at radius 3 is 0.821 bits per heavy atom. The van der Waals surface area contributed by atoms with Crippen LogP contribution >= 0.6 is 7.26 Å². The summed E-state index contributed by atoms with van der Waals surface area (Å²) < 4.78 is 21.8. The van der Waals surface area contributed by atoms with Gasteiger partial charge in [0.25, 0.3) is 0 Å². The van der Waals surface area contributed by atoms with Crippen LogP contribution in [-0.4, -0.2) is 34.6 Å². The molecule has 0 N–H and O–H groups in total. The van der Waals surface area contributed by atoms with E-state index in [1.54, 1.807) is 28.4 Å². The number of ether oxygens (including phenoxy) is 4. The van der Waals surface area contributed by atoms with Crippen molar-refractivity contribution >= 4 is 51.0 Å². The van der Waals surface area contributed by atoms with E-state index in [0.717, 1.165) is 23.0 Å². The first kappa shape index (κ1) is 39.9. The molecule has 0 heterocycles. The molecule has 0 atom stereocenters. The highest BCUT2D eigenvalue weighted by atomic mass is 31.2. The predicted octanol–water partition coefficient (Wildman–Crippen LogP) is 8.30. The van der Waals surface area contributed by atoms with Crippen LogP contribution in [0.2, 0.25) is 6.32 Å². The minimum absolute atomic E-state index is 0.830. The van der Waals surface area contributed by atoms with Gasteiger partial charge < -0.3 is 18.9 Å². The van der Waals surface area contributed by atoms with Gasteiger partial charge in [0.05, 0.1) is 34.6 Å². The first-order valence-electron chi connectivity index (χ1n) is 19.3. The van der Waals surface area contributed by atoms with E-state index in [0.29, 0.717) is 0 Å². The molecular weight excluding hydrogens is 706 g/mol. The lowest BCUT2D eigenvalue weighted by molar-refractivity contribution is 0.415. The van der Waals surface area contributed by atoms with E-state index >= 15 is 0 Å². The molecule has 0 aromatic heterocycles. The first-order chi connectivity index (χ1) is 27.5. The van der Waals surface area contributed by atoms with E-state index in [1.807, 2.05) is 48.5 Å². The monoisotopic (exact) mass is 758 g/mol. The smallest absolute Gasteiger partial charge is 0.144 e. The Kier molecular flexibility index (Phi) is 13.7. The lowest BCUT2D eigenvalue weighted by Gasteiger charge is -2.43. The number of hydrogen-bond acceptors (Lipinski definition) is 4. The lowest BCUT2D eigenvalue weighted by atomic mass is 9.14. The summed E-state index contributed by atoms with van der Waals surface area (Å²) in [6, 6.07) is 66.8. The molecule has 0 aliphatic heterocycles. The van der Waals surface area contributed by atoms with Crippen LogP contribution in [0, 0.1) is 0 Å². The fraction of sp³-hybridized carbons (Fsp3) is 0.160. The summed E-state index contributed by atoms with van der Waals surface area (Å²) in [5.41, 5.74) is 4.33. The minimum Gasteiger partial charge on any atom is -0.497 e. The maximum absolute atomic E-state index is 5.45. The van der Waals surface area contributed by atoms with Gasteiger partial charge in [-0.1, -0.05) is 111 Å². The molecule has 7 aromatic rings. The molecule has 0 radical (unpaired) electrons. The van der Waals surface area contributed by atoms with Crippen molar-refractivity contribution in [1.82, 2.24) is 0 Å². The summed E-state index contributed by atoms with van der Waals surface area (Å²) in [5.74, 6) is 3.32. The van der Waals surface area contributed by atoms with Gasteiger partial charge in [-0.3, -0.25) is 0 Å². The van der Waals surface area contributed by atoms with Gasteiger partial charge in [-0.15, -0.1) is 0 Å². The Bertz CT molecular complexity index is 1900.